The lowest BCUT2D eigenvalue weighted by Crippen LogP contribution is -2.40. The summed E-state index contributed by atoms with van der Waals surface area (Å²) >= 11 is 5.24. The quantitative estimate of drug-likeness (QED) is 0.576. The summed E-state index contributed by atoms with van der Waals surface area (Å²) in [5, 5.41) is 6.14. The minimum atomic E-state index is -0.238. The van der Waals surface area contributed by atoms with Gasteiger partial charge in [0.2, 0.25) is 0 Å². The van der Waals surface area contributed by atoms with Crippen molar-refractivity contribution in [3.63, 3.8) is 0 Å². The highest BCUT2D eigenvalue weighted by Crippen LogP contribution is 2.13. The molecule has 0 saturated heterocycles. The molecule has 5 heteroatoms. The van der Waals surface area contributed by atoms with E-state index in [2.05, 4.69) is 17.6 Å². The fourth-order valence-electron chi connectivity index (χ4n) is 2.27. The molecule has 1 atom stereocenters. The third-order valence-corrected chi connectivity index (χ3v) is 3.98. The normalized spacial score (nSPS) is 11.4. The van der Waals surface area contributed by atoms with Crippen LogP contribution in [0.2, 0.25) is 0 Å². The molecule has 2 aromatic rings. The molecule has 1 amide bonds. The van der Waals surface area contributed by atoms with Gasteiger partial charge in [0.1, 0.15) is 5.75 Å². The standard InChI is InChI=1S/C20H24N2O2S/c1-3-4-14-24-18-12-10-17(11-13-18)19(23)22-20(25)21-15(2)16-8-6-5-7-9-16/h5-13,15H,3-4,14H2,1-2H3,(H2,21,22,23,25)/t15-/m1/s1. The zero-order valence-corrected chi connectivity index (χ0v) is 15.4. The maximum absolute atomic E-state index is 12.3. The number of rotatable bonds is 7. The molecule has 2 rings (SSSR count). The van der Waals surface area contributed by atoms with Gasteiger partial charge in [0.05, 0.1) is 12.6 Å². The van der Waals surface area contributed by atoms with Gasteiger partial charge in [-0.05, 0) is 55.4 Å². The zero-order chi connectivity index (χ0) is 18.1. The van der Waals surface area contributed by atoms with Crippen molar-refractivity contribution in [1.29, 1.82) is 0 Å². The van der Waals surface area contributed by atoms with Gasteiger partial charge in [-0.3, -0.25) is 10.1 Å². The van der Waals surface area contributed by atoms with Gasteiger partial charge in [-0.2, -0.15) is 0 Å². The Morgan fingerprint density at radius 1 is 1.12 bits per heavy atom. The monoisotopic (exact) mass is 356 g/mol. The highest BCUT2D eigenvalue weighted by atomic mass is 32.1. The first-order chi connectivity index (χ1) is 12.1. The number of nitrogens with one attached hydrogen (secondary N) is 2. The fourth-order valence-corrected chi connectivity index (χ4v) is 2.54. The molecule has 25 heavy (non-hydrogen) atoms. The molecule has 0 spiro atoms. The molecule has 0 saturated carbocycles. The number of hydrogen-bond donors (Lipinski definition) is 2. The molecule has 132 valence electrons. The second-order valence-electron chi connectivity index (χ2n) is 5.79. The van der Waals surface area contributed by atoms with E-state index in [1.54, 1.807) is 24.3 Å². The van der Waals surface area contributed by atoms with E-state index in [1.165, 1.54) is 0 Å². The molecule has 0 heterocycles. The predicted molar refractivity (Wildman–Crippen MR) is 105 cm³/mol. The second kappa shape index (κ2) is 9.79. The summed E-state index contributed by atoms with van der Waals surface area (Å²) in [6.07, 6.45) is 2.11. The Hall–Kier alpha value is -2.40. The van der Waals surface area contributed by atoms with Crippen molar-refractivity contribution in [2.75, 3.05) is 6.61 Å². The van der Waals surface area contributed by atoms with Crippen LogP contribution >= 0.6 is 12.2 Å². The van der Waals surface area contributed by atoms with Gasteiger partial charge < -0.3 is 10.1 Å². The number of carbonyl (C=O) groups is 1. The van der Waals surface area contributed by atoms with Crippen LogP contribution in [-0.2, 0) is 0 Å². The molecule has 0 aromatic heterocycles. The number of unbranched alkanes of at least 4 members (excludes halogenated alkanes) is 1. The topological polar surface area (TPSA) is 50.4 Å². The molecule has 0 aliphatic rings. The van der Waals surface area contributed by atoms with Crippen LogP contribution in [0.3, 0.4) is 0 Å². The van der Waals surface area contributed by atoms with Crippen LogP contribution in [0.1, 0.15) is 48.7 Å². The van der Waals surface area contributed by atoms with E-state index in [9.17, 15) is 4.79 Å². The van der Waals surface area contributed by atoms with Crippen LogP contribution in [0, 0.1) is 0 Å². The Morgan fingerprint density at radius 3 is 2.44 bits per heavy atom. The highest BCUT2D eigenvalue weighted by molar-refractivity contribution is 7.80. The molecule has 0 aliphatic carbocycles. The summed E-state index contributed by atoms with van der Waals surface area (Å²) in [5.41, 5.74) is 1.65. The summed E-state index contributed by atoms with van der Waals surface area (Å²) in [6.45, 7) is 4.80. The van der Waals surface area contributed by atoms with E-state index in [0.29, 0.717) is 17.3 Å². The maximum Gasteiger partial charge on any atom is 0.257 e. The number of ether oxygens (including phenoxy) is 1. The smallest absolute Gasteiger partial charge is 0.257 e. The van der Waals surface area contributed by atoms with Crippen LogP contribution < -0.4 is 15.4 Å². The minimum Gasteiger partial charge on any atom is -0.494 e. The summed E-state index contributed by atoms with van der Waals surface area (Å²) in [6, 6.07) is 17.0. The van der Waals surface area contributed by atoms with Gasteiger partial charge >= 0.3 is 0 Å². The summed E-state index contributed by atoms with van der Waals surface area (Å²) in [4.78, 5) is 12.3. The molecule has 2 aromatic carbocycles. The lowest BCUT2D eigenvalue weighted by Gasteiger charge is -2.16. The van der Waals surface area contributed by atoms with Crippen molar-refractivity contribution < 1.29 is 9.53 Å². The molecule has 0 unspecified atom stereocenters. The molecule has 0 fully saturated rings. The van der Waals surface area contributed by atoms with Crippen LogP contribution in [0.15, 0.2) is 54.6 Å². The van der Waals surface area contributed by atoms with Gasteiger partial charge in [0, 0.05) is 5.56 Å². The molecule has 0 radical (unpaired) electrons. The molecule has 4 nitrogen and oxygen atoms in total. The largest absolute Gasteiger partial charge is 0.494 e. The number of hydrogen-bond acceptors (Lipinski definition) is 3. The van der Waals surface area contributed by atoms with Crippen LogP contribution in [0.25, 0.3) is 0 Å². The maximum atomic E-state index is 12.3. The molecular weight excluding hydrogens is 332 g/mol. The number of amides is 1. The van der Waals surface area contributed by atoms with E-state index >= 15 is 0 Å². The Balaban J connectivity index is 1.85. The average molecular weight is 356 g/mol. The van der Waals surface area contributed by atoms with Crippen LogP contribution in [0.4, 0.5) is 0 Å². The van der Waals surface area contributed by atoms with Gasteiger partial charge in [0.15, 0.2) is 5.11 Å². The molecule has 0 aliphatic heterocycles. The first-order valence-electron chi connectivity index (χ1n) is 8.49. The van der Waals surface area contributed by atoms with Crippen molar-refractivity contribution in [2.45, 2.75) is 32.7 Å². The Morgan fingerprint density at radius 2 is 1.80 bits per heavy atom. The van der Waals surface area contributed by atoms with Crippen molar-refractivity contribution in [2.24, 2.45) is 0 Å². The summed E-state index contributed by atoms with van der Waals surface area (Å²) in [7, 11) is 0. The number of thiocarbonyl (C=S) groups is 1. The third kappa shape index (κ3) is 6.19. The van der Waals surface area contributed by atoms with E-state index in [0.717, 1.165) is 24.2 Å². The predicted octanol–water partition coefficient (Wildman–Crippen LogP) is 4.23. The first-order valence-corrected chi connectivity index (χ1v) is 8.90. The summed E-state index contributed by atoms with van der Waals surface area (Å²) < 4.78 is 5.59. The van der Waals surface area contributed by atoms with Crippen LogP contribution in [0.5, 0.6) is 5.75 Å². The highest BCUT2D eigenvalue weighted by Gasteiger charge is 2.11. The molecule has 0 bridgehead atoms. The van der Waals surface area contributed by atoms with E-state index < -0.39 is 0 Å². The SMILES string of the molecule is CCCCOc1ccc(C(=O)NC(=S)N[C@H](C)c2ccccc2)cc1. The van der Waals surface area contributed by atoms with E-state index in [-0.39, 0.29) is 11.9 Å². The van der Waals surface area contributed by atoms with E-state index in [4.69, 9.17) is 17.0 Å². The molecular formula is C20H24N2O2S. The van der Waals surface area contributed by atoms with Gasteiger partial charge in [-0.1, -0.05) is 43.7 Å². The summed E-state index contributed by atoms with van der Waals surface area (Å²) in [5.74, 6) is 0.529. The number of benzene rings is 2. The van der Waals surface area contributed by atoms with E-state index in [1.807, 2.05) is 37.3 Å². The second-order valence-corrected chi connectivity index (χ2v) is 6.19. The first kappa shape index (κ1) is 18.9. The van der Waals surface area contributed by atoms with Gasteiger partial charge in [0.25, 0.3) is 5.91 Å². The average Bonchev–Trinajstić information content (AvgIpc) is 2.63. The van der Waals surface area contributed by atoms with Crippen molar-refractivity contribution in [3.8, 4) is 5.75 Å². The lowest BCUT2D eigenvalue weighted by atomic mass is 10.1. The van der Waals surface area contributed by atoms with Crippen molar-refractivity contribution in [1.82, 2.24) is 10.6 Å². The van der Waals surface area contributed by atoms with Crippen LogP contribution in [-0.4, -0.2) is 17.6 Å². The fraction of sp³-hybridized carbons (Fsp3) is 0.300. The Kier molecular flexibility index (Phi) is 7.41. The minimum absolute atomic E-state index is 0.0170. The Labute approximate surface area is 154 Å². The molecule has 2 N–H and O–H groups in total. The lowest BCUT2D eigenvalue weighted by molar-refractivity contribution is 0.0976. The van der Waals surface area contributed by atoms with Gasteiger partial charge in [-0.25, -0.2) is 0 Å². The zero-order valence-electron chi connectivity index (χ0n) is 14.6. The third-order valence-electron chi connectivity index (χ3n) is 3.76. The van der Waals surface area contributed by atoms with Crippen molar-refractivity contribution >= 4 is 23.2 Å². The Bertz CT molecular complexity index is 687. The van der Waals surface area contributed by atoms with Gasteiger partial charge in [-0.15, -0.1) is 0 Å². The van der Waals surface area contributed by atoms with Crippen molar-refractivity contribution in [3.05, 3.63) is 65.7 Å². The number of carbonyl (C=O) groups excluding carboxylic acids is 1.